The zero-order valence-corrected chi connectivity index (χ0v) is 15.0. The molecule has 3 aromatic rings. The van der Waals surface area contributed by atoms with Gasteiger partial charge in [0.1, 0.15) is 0 Å². The van der Waals surface area contributed by atoms with Crippen LogP contribution in [0.3, 0.4) is 0 Å². The maximum atomic E-state index is 12.8. The minimum absolute atomic E-state index is 0.0556. The Morgan fingerprint density at radius 1 is 1.24 bits per heavy atom. The normalized spacial score (nSPS) is 14.6. The molecule has 4 nitrogen and oxygen atoms in total. The minimum Gasteiger partial charge on any atom is -0.358 e. The number of H-pyrrole nitrogens is 1. The van der Waals surface area contributed by atoms with Crippen molar-refractivity contribution in [1.82, 2.24) is 14.9 Å². The topological polar surface area (TPSA) is 49.0 Å². The second-order valence-corrected chi connectivity index (χ2v) is 7.81. The number of hydrogen-bond donors (Lipinski definition) is 1. The average molecular weight is 333 g/mol. The summed E-state index contributed by atoms with van der Waals surface area (Å²) in [5.41, 5.74) is 5.76. The molecule has 0 radical (unpaired) electrons. The Morgan fingerprint density at radius 2 is 2.08 bits per heavy atom. The Balaban J connectivity index is 1.71. The van der Waals surface area contributed by atoms with E-state index in [9.17, 15) is 4.79 Å². The number of hydrogen-bond acceptors (Lipinski definition) is 2. The van der Waals surface area contributed by atoms with Crippen molar-refractivity contribution in [3.05, 3.63) is 65.1 Å². The van der Waals surface area contributed by atoms with Crippen molar-refractivity contribution >= 4 is 16.8 Å². The summed E-state index contributed by atoms with van der Waals surface area (Å²) in [6, 6.07) is 10.3. The molecule has 0 spiro atoms. The zero-order valence-electron chi connectivity index (χ0n) is 15.0. The lowest BCUT2D eigenvalue weighted by atomic mass is 9.86. The van der Waals surface area contributed by atoms with Gasteiger partial charge in [0.05, 0.1) is 5.56 Å². The number of benzene rings is 1. The number of aromatic amines is 1. The van der Waals surface area contributed by atoms with E-state index in [4.69, 9.17) is 0 Å². The van der Waals surface area contributed by atoms with Crippen molar-refractivity contribution in [3.8, 4) is 0 Å². The van der Waals surface area contributed by atoms with Crippen molar-refractivity contribution in [3.63, 3.8) is 0 Å². The van der Waals surface area contributed by atoms with Gasteiger partial charge in [-0.3, -0.25) is 9.78 Å². The molecule has 0 saturated heterocycles. The first-order valence-electron chi connectivity index (χ1n) is 8.77. The molecule has 0 aliphatic carbocycles. The molecule has 0 bridgehead atoms. The fraction of sp³-hybridized carbons (Fsp3) is 0.333. The summed E-state index contributed by atoms with van der Waals surface area (Å²) in [5.74, 6) is 0.0556. The molecule has 128 valence electrons. The predicted molar refractivity (Wildman–Crippen MR) is 99.7 cm³/mol. The number of nitrogens with one attached hydrogen (secondary N) is 1. The van der Waals surface area contributed by atoms with Crippen molar-refractivity contribution in [2.45, 2.75) is 39.2 Å². The SMILES string of the molecule is CC(C)(C)c1ccc2[nH]c3c(c2c1)CN(C(=O)c1cccnc1)CC3. The van der Waals surface area contributed by atoms with Crippen LogP contribution in [0.5, 0.6) is 0 Å². The van der Waals surface area contributed by atoms with Crippen molar-refractivity contribution < 1.29 is 4.79 Å². The van der Waals surface area contributed by atoms with Crippen molar-refractivity contribution in [2.24, 2.45) is 0 Å². The number of carbonyl (C=O) groups is 1. The first kappa shape index (κ1) is 15.9. The quantitative estimate of drug-likeness (QED) is 0.730. The van der Waals surface area contributed by atoms with Gasteiger partial charge in [-0.05, 0) is 35.2 Å². The third-order valence-corrected chi connectivity index (χ3v) is 5.04. The minimum atomic E-state index is 0.0556. The van der Waals surface area contributed by atoms with Crippen molar-refractivity contribution in [2.75, 3.05) is 6.54 Å². The van der Waals surface area contributed by atoms with E-state index < -0.39 is 0 Å². The highest BCUT2D eigenvalue weighted by molar-refractivity contribution is 5.94. The molecule has 0 fully saturated rings. The third-order valence-electron chi connectivity index (χ3n) is 5.04. The van der Waals surface area contributed by atoms with Crippen LogP contribution < -0.4 is 0 Å². The van der Waals surface area contributed by atoms with Crippen LogP contribution in [0, 0.1) is 0 Å². The highest BCUT2D eigenvalue weighted by Crippen LogP contribution is 2.32. The predicted octanol–water partition coefficient (Wildman–Crippen LogP) is 4.06. The lowest BCUT2D eigenvalue weighted by molar-refractivity contribution is 0.0734. The molecule has 3 heterocycles. The van der Waals surface area contributed by atoms with Crippen LogP contribution in [0.4, 0.5) is 0 Å². The summed E-state index contributed by atoms with van der Waals surface area (Å²) < 4.78 is 0. The number of fused-ring (bicyclic) bond motifs is 3. The molecule has 1 amide bonds. The third kappa shape index (κ3) is 2.82. The Hall–Kier alpha value is -2.62. The van der Waals surface area contributed by atoms with E-state index in [1.807, 2.05) is 17.0 Å². The molecule has 0 saturated carbocycles. The Kier molecular flexibility index (Phi) is 3.64. The van der Waals surface area contributed by atoms with Crippen molar-refractivity contribution in [1.29, 1.82) is 0 Å². The summed E-state index contributed by atoms with van der Waals surface area (Å²) >= 11 is 0. The largest absolute Gasteiger partial charge is 0.358 e. The monoisotopic (exact) mass is 333 g/mol. The number of amides is 1. The molecule has 2 aromatic heterocycles. The smallest absolute Gasteiger partial charge is 0.255 e. The first-order chi connectivity index (χ1) is 11.9. The Bertz CT molecular complexity index is 935. The zero-order chi connectivity index (χ0) is 17.6. The van der Waals surface area contributed by atoms with E-state index in [0.717, 1.165) is 18.5 Å². The van der Waals surface area contributed by atoms with E-state index in [1.165, 1.54) is 22.2 Å². The van der Waals surface area contributed by atoms with E-state index in [1.54, 1.807) is 12.4 Å². The van der Waals surface area contributed by atoms with Gasteiger partial charge in [0.15, 0.2) is 0 Å². The number of rotatable bonds is 1. The molecule has 1 aromatic carbocycles. The number of nitrogens with zero attached hydrogens (tertiary/aromatic N) is 2. The number of carbonyl (C=O) groups excluding carboxylic acids is 1. The lowest BCUT2D eigenvalue weighted by Gasteiger charge is -2.27. The number of pyridine rings is 1. The number of aromatic nitrogens is 2. The maximum Gasteiger partial charge on any atom is 0.255 e. The summed E-state index contributed by atoms with van der Waals surface area (Å²) in [7, 11) is 0. The molecule has 4 heteroatoms. The van der Waals surface area contributed by atoms with E-state index in [0.29, 0.717) is 12.1 Å². The van der Waals surface area contributed by atoms with Gasteiger partial charge >= 0.3 is 0 Å². The molecule has 1 aliphatic rings. The molecule has 1 N–H and O–H groups in total. The van der Waals surface area contributed by atoms with Gasteiger partial charge in [0.25, 0.3) is 5.91 Å². The summed E-state index contributed by atoms with van der Waals surface area (Å²) in [5, 5.41) is 1.24. The summed E-state index contributed by atoms with van der Waals surface area (Å²) in [4.78, 5) is 22.3. The van der Waals surface area contributed by atoms with E-state index in [2.05, 4.69) is 48.9 Å². The highest BCUT2D eigenvalue weighted by atomic mass is 16.2. The Labute approximate surface area is 147 Å². The summed E-state index contributed by atoms with van der Waals surface area (Å²) in [6.07, 6.45) is 4.20. The van der Waals surface area contributed by atoms with Crippen LogP contribution in [0.2, 0.25) is 0 Å². The van der Waals surface area contributed by atoms with Gasteiger partial charge in [0, 0.05) is 54.1 Å². The van der Waals surface area contributed by atoms with Gasteiger partial charge in [-0.2, -0.15) is 0 Å². The molecule has 4 rings (SSSR count). The molecule has 0 unspecified atom stereocenters. The van der Waals surface area contributed by atoms with E-state index in [-0.39, 0.29) is 11.3 Å². The van der Waals surface area contributed by atoms with Gasteiger partial charge < -0.3 is 9.88 Å². The highest BCUT2D eigenvalue weighted by Gasteiger charge is 2.25. The lowest BCUT2D eigenvalue weighted by Crippen LogP contribution is -2.35. The molecule has 25 heavy (non-hydrogen) atoms. The Morgan fingerprint density at radius 3 is 2.80 bits per heavy atom. The fourth-order valence-electron chi connectivity index (χ4n) is 3.53. The van der Waals surface area contributed by atoms with Crippen LogP contribution in [0.25, 0.3) is 10.9 Å². The molecule has 0 atom stereocenters. The van der Waals surface area contributed by atoms with Gasteiger partial charge in [-0.15, -0.1) is 0 Å². The van der Waals surface area contributed by atoms with Crippen LogP contribution in [-0.2, 0) is 18.4 Å². The summed E-state index contributed by atoms with van der Waals surface area (Å²) in [6.45, 7) is 8.07. The van der Waals surface area contributed by atoms with Gasteiger partial charge in [-0.1, -0.05) is 26.8 Å². The van der Waals surface area contributed by atoms with Gasteiger partial charge in [-0.25, -0.2) is 0 Å². The average Bonchev–Trinajstić information content (AvgIpc) is 2.98. The fourth-order valence-corrected chi connectivity index (χ4v) is 3.53. The second-order valence-electron chi connectivity index (χ2n) is 7.81. The molecular formula is C21H23N3O. The molecular weight excluding hydrogens is 310 g/mol. The van der Waals surface area contributed by atoms with Gasteiger partial charge in [0.2, 0.25) is 0 Å². The van der Waals surface area contributed by atoms with Crippen LogP contribution >= 0.6 is 0 Å². The second kappa shape index (κ2) is 5.73. The van der Waals surface area contributed by atoms with E-state index >= 15 is 0 Å². The standard InChI is InChI=1S/C21H23N3O/c1-21(2,3)15-6-7-18-16(11-15)17-13-24(10-8-19(17)23-18)20(25)14-5-4-9-22-12-14/h4-7,9,11-12,23H,8,10,13H2,1-3H3. The van der Waals surface area contributed by atoms with Crippen LogP contribution in [0.15, 0.2) is 42.7 Å². The molecule has 1 aliphatic heterocycles. The van der Waals surface area contributed by atoms with Crippen LogP contribution in [0.1, 0.15) is 48.0 Å². The maximum absolute atomic E-state index is 12.8. The first-order valence-corrected chi connectivity index (χ1v) is 8.77. The van der Waals surface area contributed by atoms with Crippen LogP contribution in [-0.4, -0.2) is 27.3 Å².